The van der Waals surface area contributed by atoms with Crippen LogP contribution in [0, 0.1) is 21.4 Å². The maximum absolute atomic E-state index is 10.6. The standard InChI is InChI=1S/C13H17N3O3/c1-3-15-13(2,10-14)7-8-19-12-6-4-5-11(9-12)16(17)18/h4-6,9,15H,3,7-8H2,1-2H3. The van der Waals surface area contributed by atoms with Crippen molar-refractivity contribution >= 4 is 5.69 Å². The molecule has 19 heavy (non-hydrogen) atoms. The SMILES string of the molecule is CCNC(C)(C#N)CCOc1cccc([N+](=O)[O-])c1. The molecule has 0 heterocycles. The third-order valence-corrected chi connectivity index (χ3v) is 2.71. The highest BCUT2D eigenvalue weighted by Gasteiger charge is 2.22. The fourth-order valence-electron chi connectivity index (χ4n) is 1.63. The largest absolute Gasteiger partial charge is 0.493 e. The molecule has 1 aromatic carbocycles. The Kier molecular flexibility index (Phi) is 5.27. The zero-order chi connectivity index (χ0) is 14.3. The molecule has 0 saturated carbocycles. The highest BCUT2D eigenvalue weighted by molar-refractivity contribution is 5.37. The van der Waals surface area contributed by atoms with Crippen molar-refractivity contribution in [3.05, 3.63) is 34.4 Å². The van der Waals surface area contributed by atoms with E-state index in [1.165, 1.54) is 12.1 Å². The Labute approximate surface area is 112 Å². The van der Waals surface area contributed by atoms with Crippen LogP contribution >= 0.6 is 0 Å². The Morgan fingerprint density at radius 3 is 2.89 bits per heavy atom. The monoisotopic (exact) mass is 263 g/mol. The first-order valence-electron chi connectivity index (χ1n) is 6.04. The van der Waals surface area contributed by atoms with Crippen LogP contribution in [0.15, 0.2) is 24.3 Å². The van der Waals surface area contributed by atoms with Crippen LogP contribution in [0.5, 0.6) is 5.75 Å². The molecule has 0 bridgehead atoms. The molecule has 0 aliphatic carbocycles. The van der Waals surface area contributed by atoms with Gasteiger partial charge in [-0.2, -0.15) is 5.26 Å². The van der Waals surface area contributed by atoms with Gasteiger partial charge < -0.3 is 4.74 Å². The molecule has 1 unspecified atom stereocenters. The quantitative estimate of drug-likeness (QED) is 0.602. The van der Waals surface area contributed by atoms with Crippen LogP contribution in [-0.4, -0.2) is 23.6 Å². The van der Waals surface area contributed by atoms with E-state index in [1.807, 2.05) is 6.92 Å². The topological polar surface area (TPSA) is 88.2 Å². The number of nitro groups is 1. The van der Waals surface area contributed by atoms with Crippen molar-refractivity contribution in [2.24, 2.45) is 0 Å². The van der Waals surface area contributed by atoms with E-state index in [0.29, 0.717) is 25.3 Å². The molecular weight excluding hydrogens is 246 g/mol. The van der Waals surface area contributed by atoms with Crippen LogP contribution in [-0.2, 0) is 0 Å². The number of nitriles is 1. The summed E-state index contributed by atoms with van der Waals surface area (Å²) in [5.74, 6) is 0.436. The van der Waals surface area contributed by atoms with Crippen LogP contribution < -0.4 is 10.1 Å². The van der Waals surface area contributed by atoms with Gasteiger partial charge in [0.25, 0.3) is 5.69 Å². The average molecular weight is 263 g/mol. The fourth-order valence-corrected chi connectivity index (χ4v) is 1.63. The Balaban J connectivity index is 2.56. The summed E-state index contributed by atoms with van der Waals surface area (Å²) in [6.45, 7) is 4.74. The summed E-state index contributed by atoms with van der Waals surface area (Å²) >= 11 is 0. The second-order valence-electron chi connectivity index (χ2n) is 4.33. The first-order chi connectivity index (χ1) is 9.00. The van der Waals surface area contributed by atoms with E-state index in [-0.39, 0.29) is 5.69 Å². The van der Waals surface area contributed by atoms with Gasteiger partial charge in [-0.15, -0.1) is 0 Å². The predicted octanol–water partition coefficient (Wildman–Crippen LogP) is 2.26. The molecule has 0 fully saturated rings. The van der Waals surface area contributed by atoms with Crippen molar-refractivity contribution in [2.45, 2.75) is 25.8 Å². The first kappa shape index (κ1) is 14.9. The number of non-ortho nitro benzene ring substituents is 1. The number of rotatable bonds is 7. The van der Waals surface area contributed by atoms with Crippen LogP contribution in [0.25, 0.3) is 0 Å². The second-order valence-corrected chi connectivity index (χ2v) is 4.33. The fraction of sp³-hybridized carbons (Fsp3) is 0.462. The lowest BCUT2D eigenvalue weighted by atomic mass is 10.0. The summed E-state index contributed by atoms with van der Waals surface area (Å²) in [6, 6.07) is 8.20. The Hall–Kier alpha value is -2.13. The summed E-state index contributed by atoms with van der Waals surface area (Å²) in [4.78, 5) is 10.1. The lowest BCUT2D eigenvalue weighted by Crippen LogP contribution is -2.42. The van der Waals surface area contributed by atoms with Gasteiger partial charge in [0.15, 0.2) is 0 Å². The second kappa shape index (κ2) is 6.71. The van der Waals surface area contributed by atoms with Crippen molar-refractivity contribution < 1.29 is 9.66 Å². The average Bonchev–Trinajstić information content (AvgIpc) is 2.39. The molecule has 1 N–H and O–H groups in total. The molecule has 6 nitrogen and oxygen atoms in total. The van der Waals surface area contributed by atoms with E-state index in [9.17, 15) is 10.1 Å². The van der Waals surface area contributed by atoms with Crippen LogP contribution in [0.2, 0.25) is 0 Å². The van der Waals surface area contributed by atoms with Crippen molar-refractivity contribution in [3.63, 3.8) is 0 Å². The number of hydrogen-bond acceptors (Lipinski definition) is 5. The van der Waals surface area contributed by atoms with Crippen LogP contribution in [0.1, 0.15) is 20.3 Å². The minimum Gasteiger partial charge on any atom is -0.493 e. The summed E-state index contributed by atoms with van der Waals surface area (Å²) in [7, 11) is 0. The molecule has 0 saturated heterocycles. The molecule has 1 rings (SSSR count). The van der Waals surface area contributed by atoms with Gasteiger partial charge in [-0.05, 0) is 19.5 Å². The number of nitro benzene ring substituents is 1. The number of nitrogens with one attached hydrogen (secondary N) is 1. The van der Waals surface area contributed by atoms with Gasteiger partial charge in [-0.1, -0.05) is 13.0 Å². The molecule has 1 aromatic rings. The minimum absolute atomic E-state index is 0.00720. The van der Waals surface area contributed by atoms with Crippen LogP contribution in [0.4, 0.5) is 5.69 Å². The molecular formula is C13H17N3O3. The molecule has 1 atom stereocenters. The van der Waals surface area contributed by atoms with Gasteiger partial charge in [0, 0.05) is 12.5 Å². The summed E-state index contributed by atoms with van der Waals surface area (Å²) in [6.07, 6.45) is 0.500. The highest BCUT2D eigenvalue weighted by Crippen LogP contribution is 2.20. The van der Waals surface area contributed by atoms with Gasteiger partial charge in [0.05, 0.1) is 23.7 Å². The van der Waals surface area contributed by atoms with E-state index >= 15 is 0 Å². The zero-order valence-electron chi connectivity index (χ0n) is 11.0. The van der Waals surface area contributed by atoms with E-state index in [2.05, 4.69) is 11.4 Å². The summed E-state index contributed by atoms with van der Waals surface area (Å²) in [5.41, 5.74) is -0.651. The third kappa shape index (κ3) is 4.56. The Morgan fingerprint density at radius 1 is 1.58 bits per heavy atom. The zero-order valence-corrected chi connectivity index (χ0v) is 11.0. The molecule has 6 heteroatoms. The molecule has 0 aliphatic rings. The Bertz CT molecular complexity index is 484. The maximum Gasteiger partial charge on any atom is 0.273 e. The molecule has 0 aromatic heterocycles. The van der Waals surface area contributed by atoms with Gasteiger partial charge in [-0.25, -0.2) is 0 Å². The van der Waals surface area contributed by atoms with E-state index < -0.39 is 10.5 Å². The predicted molar refractivity (Wildman–Crippen MR) is 70.9 cm³/mol. The van der Waals surface area contributed by atoms with Crippen molar-refractivity contribution in [3.8, 4) is 11.8 Å². The minimum atomic E-state index is -0.643. The van der Waals surface area contributed by atoms with E-state index in [4.69, 9.17) is 10.00 Å². The van der Waals surface area contributed by atoms with Gasteiger partial charge in [0.1, 0.15) is 11.3 Å². The highest BCUT2D eigenvalue weighted by atomic mass is 16.6. The van der Waals surface area contributed by atoms with Gasteiger partial charge in [0.2, 0.25) is 0 Å². The first-order valence-corrected chi connectivity index (χ1v) is 6.04. The van der Waals surface area contributed by atoms with E-state index in [1.54, 1.807) is 19.1 Å². The number of benzene rings is 1. The third-order valence-electron chi connectivity index (χ3n) is 2.71. The molecule has 102 valence electrons. The molecule has 0 aliphatic heterocycles. The molecule has 0 amide bonds. The Morgan fingerprint density at radius 2 is 2.32 bits per heavy atom. The van der Waals surface area contributed by atoms with Crippen molar-refractivity contribution in [2.75, 3.05) is 13.2 Å². The molecule has 0 radical (unpaired) electrons. The van der Waals surface area contributed by atoms with E-state index in [0.717, 1.165) is 0 Å². The van der Waals surface area contributed by atoms with Crippen molar-refractivity contribution in [1.29, 1.82) is 5.26 Å². The summed E-state index contributed by atoms with van der Waals surface area (Å²) in [5, 5.41) is 22.8. The number of nitrogens with zero attached hydrogens (tertiary/aromatic N) is 2. The van der Waals surface area contributed by atoms with Gasteiger partial charge in [-0.3, -0.25) is 15.4 Å². The molecule has 0 spiro atoms. The lowest BCUT2D eigenvalue weighted by Gasteiger charge is -2.22. The lowest BCUT2D eigenvalue weighted by molar-refractivity contribution is -0.384. The maximum atomic E-state index is 10.6. The normalized spacial score (nSPS) is 13.3. The number of hydrogen-bond donors (Lipinski definition) is 1. The van der Waals surface area contributed by atoms with Crippen molar-refractivity contribution in [1.82, 2.24) is 5.32 Å². The number of ether oxygens (including phenoxy) is 1. The summed E-state index contributed by atoms with van der Waals surface area (Å²) < 4.78 is 5.45. The smallest absolute Gasteiger partial charge is 0.273 e. The van der Waals surface area contributed by atoms with Crippen LogP contribution in [0.3, 0.4) is 0 Å². The van der Waals surface area contributed by atoms with Gasteiger partial charge >= 0.3 is 0 Å².